The SMILES string of the molecule is O=Cc1c(OCCOCCO)ccc2ccccc12. The molecule has 0 spiro atoms. The molecule has 4 nitrogen and oxygen atoms in total. The summed E-state index contributed by atoms with van der Waals surface area (Å²) in [5.41, 5.74) is 0.556. The van der Waals surface area contributed by atoms with Crippen LogP contribution in [-0.4, -0.2) is 37.8 Å². The molecule has 0 amide bonds. The van der Waals surface area contributed by atoms with Gasteiger partial charge in [0.15, 0.2) is 6.29 Å². The lowest BCUT2D eigenvalue weighted by atomic mass is 10.0. The van der Waals surface area contributed by atoms with Gasteiger partial charge in [0.25, 0.3) is 0 Å². The fraction of sp³-hybridized carbons (Fsp3) is 0.267. The largest absolute Gasteiger partial charge is 0.490 e. The van der Waals surface area contributed by atoms with Gasteiger partial charge in [-0.2, -0.15) is 0 Å². The van der Waals surface area contributed by atoms with Crippen LogP contribution in [0.4, 0.5) is 0 Å². The van der Waals surface area contributed by atoms with E-state index in [1.54, 1.807) is 6.07 Å². The highest BCUT2D eigenvalue weighted by Crippen LogP contribution is 2.26. The molecule has 0 saturated carbocycles. The molecule has 0 aromatic heterocycles. The van der Waals surface area contributed by atoms with Gasteiger partial charge in [-0.15, -0.1) is 0 Å². The number of fused-ring (bicyclic) bond motifs is 1. The molecule has 0 aliphatic rings. The predicted molar refractivity (Wildman–Crippen MR) is 72.7 cm³/mol. The third-order valence-corrected chi connectivity index (χ3v) is 2.77. The number of carbonyl (C=O) groups is 1. The maximum atomic E-state index is 11.2. The van der Waals surface area contributed by atoms with Crippen molar-refractivity contribution in [3.63, 3.8) is 0 Å². The zero-order chi connectivity index (χ0) is 13.5. The first-order chi connectivity index (χ1) is 9.36. The molecule has 19 heavy (non-hydrogen) atoms. The maximum Gasteiger partial charge on any atom is 0.154 e. The second kappa shape index (κ2) is 6.87. The average Bonchev–Trinajstić information content (AvgIpc) is 2.46. The van der Waals surface area contributed by atoms with Crippen molar-refractivity contribution >= 4 is 17.1 Å². The molecule has 0 atom stereocenters. The molecule has 0 aliphatic heterocycles. The fourth-order valence-electron chi connectivity index (χ4n) is 1.90. The molecule has 0 heterocycles. The van der Waals surface area contributed by atoms with E-state index in [1.165, 1.54) is 0 Å². The lowest BCUT2D eigenvalue weighted by molar-refractivity contribution is 0.0703. The van der Waals surface area contributed by atoms with E-state index in [0.717, 1.165) is 17.1 Å². The minimum atomic E-state index is -0.00440. The fourth-order valence-corrected chi connectivity index (χ4v) is 1.90. The summed E-state index contributed by atoms with van der Waals surface area (Å²) in [5, 5.41) is 10.5. The Hall–Kier alpha value is -1.91. The lowest BCUT2D eigenvalue weighted by Gasteiger charge is -2.10. The van der Waals surface area contributed by atoms with E-state index in [4.69, 9.17) is 14.6 Å². The van der Waals surface area contributed by atoms with Crippen molar-refractivity contribution in [1.29, 1.82) is 0 Å². The molecule has 0 fully saturated rings. The third kappa shape index (κ3) is 3.30. The van der Waals surface area contributed by atoms with Gasteiger partial charge in [0.1, 0.15) is 12.4 Å². The number of rotatable bonds is 7. The van der Waals surface area contributed by atoms with Crippen molar-refractivity contribution < 1.29 is 19.4 Å². The molecule has 1 N–H and O–H groups in total. The quantitative estimate of drug-likeness (QED) is 0.611. The summed E-state index contributed by atoms with van der Waals surface area (Å²) in [5.74, 6) is 0.557. The molecular formula is C15H16O4. The molecule has 0 unspecified atom stereocenters. The van der Waals surface area contributed by atoms with Crippen LogP contribution in [0.2, 0.25) is 0 Å². The summed E-state index contributed by atoms with van der Waals surface area (Å²) in [6, 6.07) is 11.4. The smallest absolute Gasteiger partial charge is 0.154 e. The van der Waals surface area contributed by atoms with Crippen LogP contribution in [0.3, 0.4) is 0 Å². The first-order valence-corrected chi connectivity index (χ1v) is 6.15. The van der Waals surface area contributed by atoms with Crippen LogP contribution in [-0.2, 0) is 4.74 Å². The highest BCUT2D eigenvalue weighted by atomic mass is 16.5. The van der Waals surface area contributed by atoms with E-state index in [-0.39, 0.29) is 6.61 Å². The van der Waals surface area contributed by atoms with Crippen LogP contribution in [0.5, 0.6) is 5.75 Å². The van der Waals surface area contributed by atoms with Crippen molar-refractivity contribution in [2.75, 3.05) is 26.4 Å². The molecular weight excluding hydrogens is 244 g/mol. The standard InChI is InChI=1S/C15H16O4/c16-7-8-18-9-10-19-15-6-5-12-3-1-2-4-13(12)14(15)11-17/h1-6,11,16H,7-10H2. The molecule has 2 rings (SSSR count). The molecule has 4 heteroatoms. The summed E-state index contributed by atoms with van der Waals surface area (Å²) < 4.78 is 10.6. The number of hydrogen-bond donors (Lipinski definition) is 1. The van der Waals surface area contributed by atoms with Crippen molar-refractivity contribution in [3.05, 3.63) is 42.0 Å². The van der Waals surface area contributed by atoms with Crippen LogP contribution in [0.25, 0.3) is 10.8 Å². The molecule has 0 saturated heterocycles. The van der Waals surface area contributed by atoms with Gasteiger partial charge in [0.2, 0.25) is 0 Å². The Balaban J connectivity index is 2.12. The van der Waals surface area contributed by atoms with E-state index in [1.807, 2.05) is 30.3 Å². The van der Waals surface area contributed by atoms with E-state index >= 15 is 0 Å². The van der Waals surface area contributed by atoms with Gasteiger partial charge in [-0.05, 0) is 16.8 Å². The molecule has 0 aliphatic carbocycles. The molecule has 100 valence electrons. The highest BCUT2D eigenvalue weighted by Gasteiger charge is 2.07. The van der Waals surface area contributed by atoms with Crippen LogP contribution in [0.1, 0.15) is 10.4 Å². The summed E-state index contributed by atoms with van der Waals surface area (Å²) in [4.78, 5) is 11.2. The summed E-state index contributed by atoms with van der Waals surface area (Å²) in [7, 11) is 0. The van der Waals surface area contributed by atoms with Gasteiger partial charge in [0, 0.05) is 0 Å². The Morgan fingerprint density at radius 2 is 1.89 bits per heavy atom. The molecule has 2 aromatic carbocycles. The van der Waals surface area contributed by atoms with E-state index in [9.17, 15) is 4.79 Å². The van der Waals surface area contributed by atoms with E-state index in [0.29, 0.717) is 31.1 Å². The minimum Gasteiger partial charge on any atom is -0.490 e. The number of aldehydes is 1. The lowest BCUT2D eigenvalue weighted by Crippen LogP contribution is -2.10. The van der Waals surface area contributed by atoms with Crippen molar-refractivity contribution in [1.82, 2.24) is 0 Å². The number of aliphatic hydroxyl groups is 1. The first kappa shape index (κ1) is 13.5. The average molecular weight is 260 g/mol. The van der Waals surface area contributed by atoms with Crippen molar-refractivity contribution in [3.8, 4) is 5.75 Å². The Bertz CT molecular complexity index is 551. The van der Waals surface area contributed by atoms with E-state index < -0.39 is 0 Å². The zero-order valence-corrected chi connectivity index (χ0v) is 10.5. The van der Waals surface area contributed by atoms with Gasteiger partial charge in [-0.1, -0.05) is 30.3 Å². The normalized spacial score (nSPS) is 10.6. The Morgan fingerprint density at radius 1 is 1.05 bits per heavy atom. The van der Waals surface area contributed by atoms with Crippen LogP contribution in [0.15, 0.2) is 36.4 Å². The van der Waals surface area contributed by atoms with Crippen LogP contribution in [0, 0.1) is 0 Å². The van der Waals surface area contributed by atoms with Crippen LogP contribution < -0.4 is 4.74 Å². The number of ether oxygens (including phenoxy) is 2. The molecule has 0 bridgehead atoms. The van der Waals surface area contributed by atoms with Gasteiger partial charge in [-0.25, -0.2) is 0 Å². The highest BCUT2D eigenvalue weighted by molar-refractivity contribution is 6.00. The maximum absolute atomic E-state index is 11.2. The Labute approximate surface area is 111 Å². The Morgan fingerprint density at radius 3 is 2.68 bits per heavy atom. The summed E-state index contributed by atoms with van der Waals surface area (Å²) >= 11 is 0. The third-order valence-electron chi connectivity index (χ3n) is 2.77. The molecule has 0 radical (unpaired) electrons. The van der Waals surface area contributed by atoms with Gasteiger partial charge >= 0.3 is 0 Å². The number of carbonyl (C=O) groups excluding carboxylic acids is 1. The van der Waals surface area contributed by atoms with Gasteiger partial charge < -0.3 is 14.6 Å². The topological polar surface area (TPSA) is 55.8 Å². The van der Waals surface area contributed by atoms with Gasteiger partial charge in [0.05, 0.1) is 25.4 Å². The monoisotopic (exact) mass is 260 g/mol. The van der Waals surface area contributed by atoms with E-state index in [2.05, 4.69) is 0 Å². The predicted octanol–water partition coefficient (Wildman–Crippen LogP) is 2.04. The number of aliphatic hydroxyl groups excluding tert-OH is 1. The van der Waals surface area contributed by atoms with Crippen molar-refractivity contribution in [2.45, 2.75) is 0 Å². The summed E-state index contributed by atoms with van der Waals surface area (Å²) in [6.07, 6.45) is 0.812. The van der Waals surface area contributed by atoms with Gasteiger partial charge in [-0.3, -0.25) is 4.79 Å². The number of benzene rings is 2. The second-order valence-corrected chi connectivity index (χ2v) is 4.00. The Kier molecular flexibility index (Phi) is 4.89. The second-order valence-electron chi connectivity index (χ2n) is 4.00. The minimum absolute atomic E-state index is 0.00440. The zero-order valence-electron chi connectivity index (χ0n) is 10.5. The molecule has 2 aromatic rings. The summed E-state index contributed by atoms with van der Waals surface area (Å²) in [6.45, 7) is 1.02. The van der Waals surface area contributed by atoms with Crippen LogP contribution >= 0.6 is 0 Å². The number of hydrogen-bond acceptors (Lipinski definition) is 4. The van der Waals surface area contributed by atoms with Crippen molar-refractivity contribution in [2.24, 2.45) is 0 Å². The first-order valence-electron chi connectivity index (χ1n) is 6.15.